The highest BCUT2D eigenvalue weighted by Gasteiger charge is 2.15. The first kappa shape index (κ1) is 14.3. The number of benzene rings is 2. The second-order valence-electron chi connectivity index (χ2n) is 4.20. The Morgan fingerprint density at radius 2 is 1.80 bits per heavy atom. The van der Waals surface area contributed by atoms with Crippen LogP contribution in [0, 0.1) is 24.0 Å². The number of halogens is 3. The van der Waals surface area contributed by atoms with Crippen molar-refractivity contribution < 1.29 is 13.5 Å². The van der Waals surface area contributed by atoms with Crippen molar-refractivity contribution in [2.75, 3.05) is 0 Å². The molecule has 0 saturated heterocycles. The molecule has 3 N–H and O–H groups in total. The van der Waals surface area contributed by atoms with E-state index in [1.54, 1.807) is 19.1 Å². The Morgan fingerprint density at radius 1 is 1.20 bits per heavy atom. The lowest BCUT2D eigenvalue weighted by molar-refractivity contribution is 0.407. The number of hydrogen-bond acceptors (Lipinski definition) is 2. The minimum absolute atomic E-state index is 0.0420. The third-order valence-corrected chi connectivity index (χ3v) is 3.08. The molecule has 0 bridgehead atoms. The van der Waals surface area contributed by atoms with Crippen LogP contribution >= 0.6 is 11.6 Å². The number of nitrogens with one attached hydrogen (secondary N) is 1. The smallest absolute Gasteiger partial charge is 0.198 e. The molecule has 3 nitrogen and oxygen atoms in total. The maximum Gasteiger partial charge on any atom is 0.198 e. The van der Waals surface area contributed by atoms with E-state index >= 15 is 0 Å². The lowest BCUT2D eigenvalue weighted by Crippen LogP contribution is -2.12. The molecule has 0 fully saturated rings. The molecule has 6 heteroatoms. The molecule has 0 amide bonds. The van der Waals surface area contributed by atoms with Crippen molar-refractivity contribution in [1.29, 1.82) is 5.41 Å². The van der Waals surface area contributed by atoms with E-state index in [4.69, 9.17) is 27.5 Å². The van der Waals surface area contributed by atoms with E-state index in [1.807, 2.05) is 0 Å². The fourth-order valence-corrected chi connectivity index (χ4v) is 1.73. The van der Waals surface area contributed by atoms with Crippen LogP contribution in [-0.4, -0.2) is 5.84 Å². The van der Waals surface area contributed by atoms with Gasteiger partial charge in [0.25, 0.3) is 0 Å². The summed E-state index contributed by atoms with van der Waals surface area (Å²) in [6.07, 6.45) is 0. The Bertz CT molecular complexity index is 666. The van der Waals surface area contributed by atoms with Crippen molar-refractivity contribution in [3.63, 3.8) is 0 Å². The molecule has 0 aromatic heterocycles. The first-order valence-corrected chi connectivity index (χ1v) is 6.03. The van der Waals surface area contributed by atoms with Crippen LogP contribution in [-0.2, 0) is 0 Å². The number of nitrogens with two attached hydrogens (primary N) is 1. The van der Waals surface area contributed by atoms with Gasteiger partial charge in [0, 0.05) is 10.6 Å². The minimum atomic E-state index is -0.928. The van der Waals surface area contributed by atoms with Gasteiger partial charge >= 0.3 is 0 Å². The van der Waals surface area contributed by atoms with Gasteiger partial charge in [-0.15, -0.1) is 0 Å². The molecule has 104 valence electrons. The summed E-state index contributed by atoms with van der Waals surface area (Å²) in [5.74, 6) is -2.56. The van der Waals surface area contributed by atoms with Gasteiger partial charge in [0.2, 0.25) is 0 Å². The van der Waals surface area contributed by atoms with Crippen LogP contribution < -0.4 is 10.5 Å². The maximum absolute atomic E-state index is 13.8. The predicted molar refractivity (Wildman–Crippen MR) is 73.6 cm³/mol. The van der Waals surface area contributed by atoms with Crippen molar-refractivity contribution in [2.24, 2.45) is 5.73 Å². The van der Waals surface area contributed by atoms with Gasteiger partial charge in [-0.3, -0.25) is 5.41 Å². The summed E-state index contributed by atoms with van der Waals surface area (Å²) in [5, 5.41) is 7.69. The van der Waals surface area contributed by atoms with Crippen LogP contribution in [0.25, 0.3) is 0 Å². The molecule has 2 aromatic carbocycles. The molecule has 0 aliphatic heterocycles. The predicted octanol–water partition coefficient (Wildman–Crippen LogP) is 4.00. The first-order valence-electron chi connectivity index (χ1n) is 5.66. The number of hydrogen-bond donors (Lipinski definition) is 2. The number of rotatable bonds is 3. The Morgan fingerprint density at radius 3 is 2.30 bits per heavy atom. The van der Waals surface area contributed by atoms with Crippen LogP contribution in [0.5, 0.6) is 11.5 Å². The highest BCUT2D eigenvalue weighted by atomic mass is 35.5. The van der Waals surface area contributed by atoms with Gasteiger partial charge in [-0.1, -0.05) is 11.6 Å². The molecule has 2 aromatic rings. The van der Waals surface area contributed by atoms with E-state index < -0.39 is 23.2 Å². The monoisotopic (exact) mass is 296 g/mol. The van der Waals surface area contributed by atoms with Gasteiger partial charge in [0.1, 0.15) is 11.6 Å². The van der Waals surface area contributed by atoms with Crippen molar-refractivity contribution >= 4 is 17.4 Å². The normalized spacial score (nSPS) is 10.4. The van der Waals surface area contributed by atoms with E-state index in [1.165, 1.54) is 6.07 Å². The van der Waals surface area contributed by atoms with E-state index in [2.05, 4.69) is 0 Å². The van der Waals surface area contributed by atoms with E-state index in [0.29, 0.717) is 5.02 Å². The van der Waals surface area contributed by atoms with Crippen molar-refractivity contribution in [2.45, 2.75) is 6.92 Å². The fourth-order valence-electron chi connectivity index (χ4n) is 1.61. The quantitative estimate of drug-likeness (QED) is 0.664. The molecular formula is C14H11ClF2N2O. The number of nitrogen functional groups attached to an aromatic ring is 1. The van der Waals surface area contributed by atoms with Gasteiger partial charge in [0.15, 0.2) is 17.4 Å². The van der Waals surface area contributed by atoms with Crippen LogP contribution in [0.15, 0.2) is 30.3 Å². The van der Waals surface area contributed by atoms with Crippen LogP contribution in [0.2, 0.25) is 5.02 Å². The summed E-state index contributed by atoms with van der Waals surface area (Å²) in [4.78, 5) is 0. The highest BCUT2D eigenvalue weighted by molar-refractivity contribution is 6.31. The molecule has 0 atom stereocenters. The van der Waals surface area contributed by atoms with Gasteiger partial charge in [-0.25, -0.2) is 8.78 Å². The second-order valence-corrected chi connectivity index (χ2v) is 4.60. The molecule has 0 saturated carbocycles. The van der Waals surface area contributed by atoms with Crippen molar-refractivity contribution in [3.05, 3.63) is 58.1 Å². The van der Waals surface area contributed by atoms with Crippen molar-refractivity contribution in [1.82, 2.24) is 0 Å². The summed E-state index contributed by atoms with van der Waals surface area (Å²) in [5.41, 5.74) is 5.87. The van der Waals surface area contributed by atoms with E-state index in [-0.39, 0.29) is 11.3 Å². The summed E-state index contributed by atoms with van der Waals surface area (Å²) >= 11 is 5.86. The Labute approximate surface area is 119 Å². The van der Waals surface area contributed by atoms with Crippen LogP contribution in [0.4, 0.5) is 8.78 Å². The summed E-state index contributed by atoms with van der Waals surface area (Å²) in [7, 11) is 0. The molecule has 20 heavy (non-hydrogen) atoms. The van der Waals surface area contributed by atoms with E-state index in [0.717, 1.165) is 17.7 Å². The lowest BCUT2D eigenvalue weighted by atomic mass is 10.2. The SMILES string of the molecule is Cc1cc(Oc2c(F)cc(C(=N)N)cc2F)ccc1Cl. The number of ether oxygens (including phenoxy) is 1. The largest absolute Gasteiger partial charge is 0.451 e. The zero-order chi connectivity index (χ0) is 14.9. The Hall–Kier alpha value is -2.14. The van der Waals surface area contributed by atoms with Gasteiger partial charge in [-0.2, -0.15) is 0 Å². The summed E-state index contributed by atoms with van der Waals surface area (Å²) < 4.78 is 32.8. The van der Waals surface area contributed by atoms with Crippen LogP contribution in [0.3, 0.4) is 0 Å². The van der Waals surface area contributed by atoms with Gasteiger partial charge < -0.3 is 10.5 Å². The average Bonchev–Trinajstić information content (AvgIpc) is 2.37. The third kappa shape index (κ3) is 2.88. The molecule has 0 heterocycles. The standard InChI is InChI=1S/C14H11ClF2N2O/c1-7-4-9(2-3-10(7)15)20-13-11(16)5-8(14(18)19)6-12(13)17/h2-6H,1H3,(H3,18,19). The fraction of sp³-hybridized carbons (Fsp3) is 0.0714. The third-order valence-electron chi connectivity index (χ3n) is 2.66. The summed E-state index contributed by atoms with van der Waals surface area (Å²) in [6, 6.07) is 6.55. The highest BCUT2D eigenvalue weighted by Crippen LogP contribution is 2.30. The lowest BCUT2D eigenvalue weighted by Gasteiger charge is -2.10. The number of aryl methyl sites for hydroxylation is 1. The minimum Gasteiger partial charge on any atom is -0.451 e. The molecule has 2 rings (SSSR count). The average molecular weight is 297 g/mol. The van der Waals surface area contributed by atoms with Gasteiger partial charge in [-0.05, 0) is 42.8 Å². The van der Waals surface area contributed by atoms with E-state index in [9.17, 15) is 8.78 Å². The Kier molecular flexibility index (Phi) is 3.90. The zero-order valence-corrected chi connectivity index (χ0v) is 11.3. The van der Waals surface area contributed by atoms with Crippen molar-refractivity contribution in [3.8, 4) is 11.5 Å². The summed E-state index contributed by atoms with van der Waals surface area (Å²) in [6.45, 7) is 1.75. The topological polar surface area (TPSA) is 59.1 Å². The Balaban J connectivity index is 2.38. The maximum atomic E-state index is 13.8. The molecule has 0 spiro atoms. The van der Waals surface area contributed by atoms with Gasteiger partial charge in [0.05, 0.1) is 0 Å². The first-order chi connectivity index (χ1) is 9.38. The molecule has 0 unspecified atom stereocenters. The van der Waals surface area contributed by atoms with Crippen LogP contribution in [0.1, 0.15) is 11.1 Å². The molecule has 0 aliphatic rings. The second kappa shape index (κ2) is 5.46. The zero-order valence-electron chi connectivity index (χ0n) is 10.5. The molecule has 0 aliphatic carbocycles. The number of amidine groups is 1. The molecule has 0 radical (unpaired) electrons. The molecular weight excluding hydrogens is 286 g/mol.